The number of rotatable bonds is 7. The Morgan fingerprint density at radius 2 is 1.74 bits per heavy atom. The summed E-state index contributed by atoms with van der Waals surface area (Å²) in [6.45, 7) is 6.22. The molecule has 1 unspecified atom stereocenters. The Bertz CT molecular complexity index is 1060. The van der Waals surface area contributed by atoms with Gasteiger partial charge in [0, 0.05) is 29.7 Å². The highest BCUT2D eigenvalue weighted by Gasteiger charge is 2.16. The number of anilines is 1. The third-order valence-corrected chi connectivity index (χ3v) is 4.70. The second-order valence-electron chi connectivity index (χ2n) is 7.85. The Morgan fingerprint density at radius 1 is 1.00 bits per heavy atom. The first-order valence-electron chi connectivity index (χ1n) is 10.2. The zero-order chi connectivity index (χ0) is 22.4. The summed E-state index contributed by atoms with van der Waals surface area (Å²) in [5.74, 6) is -0.354. The summed E-state index contributed by atoms with van der Waals surface area (Å²) >= 11 is 0. The fourth-order valence-corrected chi connectivity index (χ4v) is 3.12. The molecule has 6 nitrogen and oxygen atoms in total. The van der Waals surface area contributed by atoms with Crippen LogP contribution in [0.5, 0.6) is 0 Å². The summed E-state index contributed by atoms with van der Waals surface area (Å²) < 4.78 is 5.35. The maximum absolute atomic E-state index is 12.8. The van der Waals surface area contributed by atoms with Gasteiger partial charge < -0.3 is 15.8 Å². The van der Waals surface area contributed by atoms with Crippen LogP contribution in [0.3, 0.4) is 0 Å². The van der Waals surface area contributed by atoms with Crippen molar-refractivity contribution in [1.82, 2.24) is 4.98 Å². The molecule has 0 aliphatic carbocycles. The predicted molar refractivity (Wildman–Crippen MR) is 122 cm³/mol. The minimum Gasteiger partial charge on any atom is -0.462 e. The van der Waals surface area contributed by atoms with E-state index >= 15 is 0 Å². The van der Waals surface area contributed by atoms with Crippen molar-refractivity contribution in [1.29, 1.82) is 0 Å². The topological polar surface area (TPSA) is 94.3 Å². The Morgan fingerprint density at radius 3 is 2.42 bits per heavy atom. The van der Waals surface area contributed by atoms with E-state index in [-0.39, 0.29) is 23.8 Å². The van der Waals surface area contributed by atoms with Crippen LogP contribution >= 0.6 is 0 Å². The van der Waals surface area contributed by atoms with Crippen molar-refractivity contribution in [2.45, 2.75) is 26.8 Å². The molecule has 0 saturated carbocycles. The van der Waals surface area contributed by atoms with Crippen LogP contribution in [0.1, 0.15) is 53.1 Å². The van der Waals surface area contributed by atoms with Crippen molar-refractivity contribution in [3.8, 4) is 11.1 Å². The second kappa shape index (κ2) is 10.00. The zero-order valence-corrected chi connectivity index (χ0v) is 18.0. The number of nitrogens with zero attached hydrogens (tertiary/aromatic N) is 1. The van der Waals surface area contributed by atoms with E-state index in [9.17, 15) is 9.59 Å². The van der Waals surface area contributed by atoms with Crippen molar-refractivity contribution in [2.24, 2.45) is 11.7 Å². The van der Waals surface area contributed by atoms with E-state index in [0.29, 0.717) is 23.4 Å². The maximum Gasteiger partial charge on any atom is 0.338 e. The zero-order valence-electron chi connectivity index (χ0n) is 18.0. The molecule has 3 N–H and O–H groups in total. The second-order valence-corrected chi connectivity index (χ2v) is 7.85. The number of benzene rings is 2. The fourth-order valence-electron chi connectivity index (χ4n) is 3.12. The molecule has 1 heterocycles. The molecule has 0 radical (unpaired) electrons. The van der Waals surface area contributed by atoms with Crippen LogP contribution in [0.2, 0.25) is 0 Å². The number of nitrogens with one attached hydrogen (secondary N) is 1. The highest BCUT2D eigenvalue weighted by atomic mass is 16.5. The number of carbonyl (C=O) groups excluding carboxylic acids is 2. The molecule has 1 amide bonds. The lowest BCUT2D eigenvalue weighted by atomic mass is 9.92. The number of carbonyl (C=O) groups is 2. The third kappa shape index (κ3) is 5.77. The van der Waals surface area contributed by atoms with Crippen LogP contribution in [0, 0.1) is 5.92 Å². The molecule has 0 fully saturated rings. The molecule has 0 bridgehead atoms. The molecule has 0 aliphatic rings. The van der Waals surface area contributed by atoms with Crippen molar-refractivity contribution in [3.05, 3.63) is 83.7 Å². The Balaban J connectivity index is 1.94. The van der Waals surface area contributed by atoms with Gasteiger partial charge in [-0.05, 0) is 65.9 Å². The minimum absolute atomic E-state index is 0.240. The summed E-state index contributed by atoms with van der Waals surface area (Å²) in [6.07, 6.45) is 3.23. The fraction of sp³-hybridized carbons (Fsp3) is 0.240. The van der Waals surface area contributed by atoms with Gasteiger partial charge in [0.15, 0.2) is 0 Å². The van der Waals surface area contributed by atoms with E-state index in [1.165, 1.54) is 0 Å². The lowest BCUT2D eigenvalue weighted by molar-refractivity contribution is 0.0459. The number of nitrogens with two attached hydrogens (primary N) is 1. The normalized spacial score (nSPS) is 11.8. The average molecular weight is 418 g/mol. The lowest BCUT2D eigenvalue weighted by Crippen LogP contribution is -2.14. The number of aromatic nitrogens is 1. The van der Waals surface area contributed by atoms with E-state index in [2.05, 4.69) is 10.3 Å². The first kappa shape index (κ1) is 22.2. The molecule has 1 atom stereocenters. The monoisotopic (exact) mass is 417 g/mol. The highest BCUT2D eigenvalue weighted by Crippen LogP contribution is 2.30. The van der Waals surface area contributed by atoms with Gasteiger partial charge in [-0.1, -0.05) is 32.0 Å². The first-order chi connectivity index (χ1) is 14.8. The maximum atomic E-state index is 12.8. The van der Waals surface area contributed by atoms with Crippen LogP contribution in [-0.2, 0) is 4.74 Å². The summed E-state index contributed by atoms with van der Waals surface area (Å²) in [7, 11) is 0. The highest BCUT2D eigenvalue weighted by molar-refractivity contribution is 6.05. The Kier molecular flexibility index (Phi) is 7.15. The van der Waals surface area contributed by atoms with Gasteiger partial charge in [0.05, 0.1) is 12.2 Å². The molecule has 6 heteroatoms. The predicted octanol–water partition coefficient (Wildman–Crippen LogP) is 4.83. The largest absolute Gasteiger partial charge is 0.462 e. The average Bonchev–Trinajstić information content (AvgIpc) is 2.77. The van der Waals surface area contributed by atoms with E-state index in [4.69, 9.17) is 10.5 Å². The van der Waals surface area contributed by atoms with Gasteiger partial charge in [0.2, 0.25) is 0 Å². The van der Waals surface area contributed by atoms with Crippen LogP contribution in [0.4, 0.5) is 5.69 Å². The minimum atomic E-state index is -0.371. The summed E-state index contributed by atoms with van der Waals surface area (Å²) in [5.41, 5.74) is 10.3. The molecule has 0 spiro atoms. The van der Waals surface area contributed by atoms with Gasteiger partial charge in [-0.3, -0.25) is 9.78 Å². The van der Waals surface area contributed by atoms with Gasteiger partial charge in [-0.25, -0.2) is 4.79 Å². The van der Waals surface area contributed by atoms with Gasteiger partial charge in [0.25, 0.3) is 5.91 Å². The lowest BCUT2D eigenvalue weighted by Gasteiger charge is -2.16. The molecule has 0 aliphatic heterocycles. The summed E-state index contributed by atoms with van der Waals surface area (Å²) in [6, 6.07) is 15.8. The SMILES string of the molecule is CC(C)COC(=O)c1cccc(-c2cc(C(=O)Nc3ccncc3)ccc2C(C)N)c1. The van der Waals surface area contributed by atoms with E-state index in [1.54, 1.807) is 54.9 Å². The molecule has 3 rings (SSSR count). The number of hydrogen-bond acceptors (Lipinski definition) is 5. The quantitative estimate of drug-likeness (QED) is 0.537. The first-order valence-corrected chi connectivity index (χ1v) is 10.2. The van der Waals surface area contributed by atoms with Gasteiger partial charge in [0.1, 0.15) is 0 Å². The molecule has 3 aromatic rings. The van der Waals surface area contributed by atoms with E-state index < -0.39 is 0 Å². The molecule has 160 valence electrons. The van der Waals surface area contributed by atoms with Crippen LogP contribution in [-0.4, -0.2) is 23.5 Å². The Hall–Kier alpha value is -3.51. The summed E-state index contributed by atoms with van der Waals surface area (Å²) in [5, 5.41) is 2.86. The molecule has 31 heavy (non-hydrogen) atoms. The van der Waals surface area contributed by atoms with Crippen LogP contribution in [0.15, 0.2) is 67.0 Å². The van der Waals surface area contributed by atoms with E-state index in [1.807, 2.05) is 32.9 Å². The van der Waals surface area contributed by atoms with Crippen molar-refractivity contribution < 1.29 is 14.3 Å². The summed E-state index contributed by atoms with van der Waals surface area (Å²) in [4.78, 5) is 29.1. The molecular weight excluding hydrogens is 390 g/mol. The number of pyridine rings is 1. The van der Waals surface area contributed by atoms with Crippen molar-refractivity contribution >= 4 is 17.6 Å². The van der Waals surface area contributed by atoms with Gasteiger partial charge in [-0.2, -0.15) is 0 Å². The van der Waals surface area contributed by atoms with Gasteiger partial charge in [-0.15, -0.1) is 0 Å². The number of amides is 1. The molecule has 0 saturated heterocycles. The van der Waals surface area contributed by atoms with Crippen LogP contribution in [0.25, 0.3) is 11.1 Å². The van der Waals surface area contributed by atoms with E-state index in [0.717, 1.165) is 16.7 Å². The third-order valence-electron chi connectivity index (χ3n) is 4.70. The van der Waals surface area contributed by atoms with Crippen molar-refractivity contribution in [3.63, 3.8) is 0 Å². The molecular formula is C25H27N3O3. The van der Waals surface area contributed by atoms with Crippen molar-refractivity contribution in [2.75, 3.05) is 11.9 Å². The Labute approximate surface area is 182 Å². The molecule has 2 aromatic carbocycles. The smallest absolute Gasteiger partial charge is 0.338 e. The van der Waals surface area contributed by atoms with Crippen LogP contribution < -0.4 is 11.1 Å². The molecule has 1 aromatic heterocycles. The standard InChI is InChI=1S/C25H27N3O3/c1-16(2)15-31-25(30)20-6-4-5-18(13-20)23-14-19(7-8-22(23)17(3)26)24(29)28-21-9-11-27-12-10-21/h4-14,16-17H,15,26H2,1-3H3,(H,27,28,29). The number of esters is 1. The number of ether oxygens (including phenoxy) is 1. The van der Waals surface area contributed by atoms with Gasteiger partial charge >= 0.3 is 5.97 Å². The number of hydrogen-bond donors (Lipinski definition) is 2.